The monoisotopic (exact) mass is 973 g/mol. The second kappa shape index (κ2) is 42.4. The van der Waals surface area contributed by atoms with Crippen molar-refractivity contribution in [2.24, 2.45) is 9.98 Å². The van der Waals surface area contributed by atoms with E-state index in [1.54, 1.807) is 20.8 Å². The van der Waals surface area contributed by atoms with Crippen molar-refractivity contribution in [2.45, 2.75) is 91.4 Å². The van der Waals surface area contributed by atoms with Gasteiger partial charge in [-0.2, -0.15) is 24.2 Å². The minimum Gasteiger partial charge on any atom is -1.00 e. The number of halogens is 1. The van der Waals surface area contributed by atoms with E-state index in [-0.39, 0.29) is 62.5 Å². The molecule has 0 unspecified atom stereocenters. The van der Waals surface area contributed by atoms with Gasteiger partial charge in [-0.05, 0) is 68.9 Å². The van der Waals surface area contributed by atoms with Crippen LogP contribution in [0.2, 0.25) is 0 Å². The maximum absolute atomic E-state index is 12.4. The normalized spacial score (nSPS) is 10.4. The molecule has 21 heteroatoms. The molecule has 0 bridgehead atoms. The number of isocyanates is 1. The van der Waals surface area contributed by atoms with Crippen molar-refractivity contribution in [1.29, 1.82) is 0 Å². The van der Waals surface area contributed by atoms with Crippen LogP contribution in [0.25, 0.3) is 0 Å². The number of carbonyl (C=O) groups excluding carboxylic acids is 8. The number of thiocarbonyl (C=S) groups is 1. The molecule has 4 aromatic rings. The van der Waals surface area contributed by atoms with Gasteiger partial charge in [0, 0.05) is 30.9 Å². The Morgan fingerprint density at radius 3 is 1.53 bits per heavy atom. The van der Waals surface area contributed by atoms with Crippen LogP contribution in [-0.2, 0) is 78.4 Å². The number of carbonyl (C=O) groups is 3. The zero-order chi connectivity index (χ0) is 49.3. The number of quaternary nitrogens is 1. The summed E-state index contributed by atoms with van der Waals surface area (Å²) >= 11 is 5.16. The van der Waals surface area contributed by atoms with Gasteiger partial charge in [-0.15, -0.1) is 0 Å². The number of esters is 3. The quantitative estimate of drug-likeness (QED) is 0.0481. The number of hydrogen-bond acceptors (Lipinski definition) is 17. The van der Waals surface area contributed by atoms with Gasteiger partial charge in [-0.1, -0.05) is 105 Å². The lowest BCUT2D eigenvalue weighted by atomic mass is 10.0. The smallest absolute Gasteiger partial charge is 0.373 e. The lowest BCUT2D eigenvalue weighted by Gasteiger charge is -2.14. The Balaban J connectivity index is -0.000000815. The average Bonchev–Trinajstić information content (AvgIpc) is 3.58. The molecule has 0 aliphatic carbocycles. The molecule has 4 rings (SSSR count). The fourth-order valence-corrected chi connectivity index (χ4v) is 6.12. The molecular weight excluding hydrogens is 918 g/mol. The molecule has 3 atom stereocenters. The van der Waals surface area contributed by atoms with Gasteiger partial charge < -0.3 is 32.4 Å². The van der Waals surface area contributed by atoms with Crippen molar-refractivity contribution < 1.29 is 70.7 Å². The van der Waals surface area contributed by atoms with Crippen LogP contribution in [0.1, 0.15) is 70.2 Å². The Kier molecular flexibility index (Phi) is 40.9. The molecule has 1 aromatic heterocycles. The van der Waals surface area contributed by atoms with Gasteiger partial charge in [0.2, 0.25) is 6.08 Å². The van der Waals surface area contributed by atoms with Crippen LogP contribution in [-0.4, -0.2) is 88.4 Å². The molecule has 0 saturated heterocycles. The van der Waals surface area contributed by atoms with Gasteiger partial charge in [0.1, 0.15) is 6.54 Å². The Labute approximate surface area is 398 Å². The van der Waals surface area contributed by atoms with E-state index < -0.39 is 28.5 Å². The summed E-state index contributed by atoms with van der Waals surface area (Å²) in [6.07, 6.45) is 5.34. The number of isothiocyanates is 1. The minimum absolute atomic E-state index is 0. The van der Waals surface area contributed by atoms with E-state index in [2.05, 4.69) is 40.0 Å². The van der Waals surface area contributed by atoms with Gasteiger partial charge in [0.25, 0.3) is 0 Å². The zero-order valence-corrected chi connectivity index (χ0v) is 39.8. The highest BCUT2D eigenvalue weighted by Crippen LogP contribution is 2.17. The third-order valence-corrected chi connectivity index (χ3v) is 9.07. The lowest BCUT2D eigenvalue weighted by Crippen LogP contribution is -3.00. The summed E-state index contributed by atoms with van der Waals surface area (Å²) in [6.45, 7) is 10.6. The average molecular weight is 975 g/mol. The van der Waals surface area contributed by atoms with Crippen LogP contribution >= 0.6 is 23.8 Å². The molecule has 0 saturated carbocycles. The molecule has 0 radical (unpaired) electrons. The molecule has 3 aromatic carbocycles. The highest BCUT2D eigenvalue weighted by Gasteiger charge is 2.21. The van der Waals surface area contributed by atoms with Crippen molar-refractivity contribution >= 4 is 65.2 Å². The van der Waals surface area contributed by atoms with Gasteiger partial charge in [-0.3, -0.25) is 9.59 Å². The number of hydrogen-bond donors (Lipinski definition) is 1. The summed E-state index contributed by atoms with van der Waals surface area (Å²) in [5.41, 5.74) is 6.47. The van der Waals surface area contributed by atoms with Crippen LogP contribution in [0.3, 0.4) is 0 Å². The van der Waals surface area contributed by atoms with Gasteiger partial charge in [0.15, 0.2) is 12.1 Å². The maximum Gasteiger partial charge on any atom is 0.373 e. The van der Waals surface area contributed by atoms with E-state index in [4.69, 9.17) is 33.4 Å². The number of aromatic nitrogens is 2. The highest BCUT2D eigenvalue weighted by molar-refractivity contribution is 7.78. The molecule has 3 N–H and O–H groups in total. The molecule has 358 valence electrons. The zero-order valence-electron chi connectivity index (χ0n) is 37.5. The van der Waals surface area contributed by atoms with Crippen molar-refractivity contribution in [3.05, 3.63) is 128 Å². The van der Waals surface area contributed by atoms with E-state index in [0.29, 0.717) is 32.3 Å². The molecule has 18 nitrogen and oxygen atoms in total. The first-order valence-corrected chi connectivity index (χ1v) is 21.4. The predicted octanol–water partition coefficient (Wildman–Crippen LogP) is 1.06. The van der Waals surface area contributed by atoms with Gasteiger partial charge in [-0.25, -0.2) is 32.7 Å². The van der Waals surface area contributed by atoms with E-state index in [1.807, 2.05) is 97.9 Å². The van der Waals surface area contributed by atoms with E-state index in [9.17, 15) is 28.8 Å². The third kappa shape index (κ3) is 29.7. The second-order valence-electron chi connectivity index (χ2n) is 12.6. The second-order valence-corrected chi connectivity index (χ2v) is 13.7. The first-order chi connectivity index (χ1) is 31.3. The summed E-state index contributed by atoms with van der Waals surface area (Å²) in [6, 6.07) is 27.8. The first kappa shape index (κ1) is 63.7. The molecule has 0 aliphatic heterocycles. The SMILES string of the molecule is CCCN=C=S.CCOC(=O)Cn1c(=O)sn([C@H](CC)Cc2ccccc2)c1=O.CCOC(=O)[C@@H]([NH3+])Cc1ccccc1.CCOC(=O)[C@H](Cc1ccccc1)N=C=O.O=C=O.O=C=O.[Cl-]. The Morgan fingerprint density at radius 2 is 1.14 bits per heavy atom. The first-order valence-electron chi connectivity index (χ1n) is 20.2. The topological polar surface area (TPSA) is 261 Å². The highest BCUT2D eigenvalue weighted by atomic mass is 35.5. The van der Waals surface area contributed by atoms with E-state index in [1.165, 1.54) is 10.0 Å². The van der Waals surface area contributed by atoms with Crippen molar-refractivity contribution in [3.8, 4) is 0 Å². The van der Waals surface area contributed by atoms with Crippen LogP contribution in [0.4, 0.5) is 0 Å². The fourth-order valence-electron chi connectivity index (χ4n) is 5.07. The van der Waals surface area contributed by atoms with E-state index >= 15 is 0 Å². The number of ether oxygens (including phenoxy) is 3. The van der Waals surface area contributed by atoms with Crippen molar-refractivity contribution in [3.63, 3.8) is 0 Å². The molecule has 0 aliphatic rings. The van der Waals surface area contributed by atoms with Crippen LogP contribution in [0, 0.1) is 0 Å². The summed E-state index contributed by atoms with van der Waals surface area (Å²) in [5, 5.41) is 2.28. The molecular formula is C45H56ClN5O13S2. The largest absolute Gasteiger partial charge is 1.00 e. The molecule has 66 heavy (non-hydrogen) atoms. The Hall–Kier alpha value is -6.58. The van der Waals surface area contributed by atoms with E-state index in [0.717, 1.165) is 45.8 Å². The molecule has 0 spiro atoms. The predicted molar refractivity (Wildman–Crippen MR) is 241 cm³/mol. The van der Waals surface area contributed by atoms with Crippen molar-refractivity contribution in [2.75, 3.05) is 26.4 Å². The van der Waals surface area contributed by atoms with Crippen LogP contribution in [0.15, 0.2) is 111 Å². The lowest BCUT2D eigenvalue weighted by molar-refractivity contribution is -0.407. The van der Waals surface area contributed by atoms with Crippen molar-refractivity contribution in [1.82, 2.24) is 8.52 Å². The minimum atomic E-state index is -0.792. The number of benzene rings is 3. The fraction of sp³-hybridized carbons (Fsp3) is 0.400. The summed E-state index contributed by atoms with van der Waals surface area (Å²) in [5.74, 6) is -1.29. The van der Waals surface area contributed by atoms with Gasteiger partial charge >= 0.3 is 40.8 Å². The standard InChI is InChI=1S/C16H20N2O4S.C12H13NO3.C11H15NO2.C4H7NS.2CO2.ClH/c1-3-13(10-12-8-6-5-7-9-12)18-15(20)17(16(21)23-18)11-14(19)22-4-2;1-2-16-12(15)11(13-9-14)8-10-6-4-3-5-7-10;1-2-14-11(13)10(12)8-9-6-4-3-5-7-9;1-2-3-5-4-6;2*2-1-3;/h5-9,13H,3-4,10-11H2,1-2H3;3-7,11H,2,8H2,1H3;3-7,10H,2,8,12H2,1H3;2-3H2,1H3;;;1H/t13-;11-;10-;;;;/m100..../s1. The van der Waals surface area contributed by atoms with Crippen LogP contribution in [0.5, 0.6) is 0 Å². The summed E-state index contributed by atoms with van der Waals surface area (Å²) < 4.78 is 16.9. The third-order valence-electron chi connectivity index (χ3n) is 7.91. The molecule has 0 fully saturated rings. The number of rotatable bonds is 18. The number of aliphatic imine (C=N–C) groups is 2. The van der Waals surface area contributed by atoms with Crippen LogP contribution < -0.4 is 28.7 Å². The number of nitrogens with zero attached hydrogens (tertiary/aromatic N) is 4. The van der Waals surface area contributed by atoms with Gasteiger partial charge in [0.05, 0.1) is 31.0 Å². The maximum atomic E-state index is 12.4. The molecule has 0 amide bonds. The Bertz CT molecular complexity index is 2200. The summed E-state index contributed by atoms with van der Waals surface area (Å²) in [7, 11) is 0. The summed E-state index contributed by atoms with van der Waals surface area (Å²) in [4.78, 5) is 108. The Morgan fingerprint density at radius 1 is 0.697 bits per heavy atom. The molecule has 1 heterocycles.